The van der Waals surface area contributed by atoms with Crippen LogP contribution in [0.15, 0.2) is 5.88 Å². The van der Waals surface area contributed by atoms with Crippen LogP contribution in [0.5, 0.6) is 0 Å². The van der Waals surface area contributed by atoms with Gasteiger partial charge in [-0.2, -0.15) is 0 Å². The number of piperidine rings is 1. The van der Waals surface area contributed by atoms with E-state index in [9.17, 15) is 4.79 Å². The molecule has 0 aliphatic carbocycles. The molecule has 0 unspecified atom stereocenters. The molecule has 0 saturated carbocycles. The highest BCUT2D eigenvalue weighted by Gasteiger charge is 2.11. The number of hydrogen-bond acceptors (Lipinski definition) is 3. The van der Waals surface area contributed by atoms with Crippen LogP contribution in [0.1, 0.15) is 19.3 Å². The number of hydrogen-bond donors (Lipinski definition) is 1. The van der Waals surface area contributed by atoms with Gasteiger partial charge in [0.05, 0.1) is 0 Å². The lowest BCUT2D eigenvalue weighted by Crippen LogP contribution is -2.29. The summed E-state index contributed by atoms with van der Waals surface area (Å²) in [5, 5.41) is 8.90. The molecule has 1 heterocycles. The van der Waals surface area contributed by atoms with E-state index in [0.29, 0.717) is 0 Å². The molecule has 0 atom stereocenters. The first kappa shape index (κ1) is 7.16. The first-order valence-corrected chi connectivity index (χ1v) is 3.53. The molecular formula is C7H11NO2. The third-order valence-corrected chi connectivity index (χ3v) is 1.75. The number of likely N-dealkylation sites (tertiary alicyclic amines) is 1. The van der Waals surface area contributed by atoms with E-state index in [2.05, 4.69) is 0 Å². The Bertz CT molecular complexity index is 155. The van der Waals surface area contributed by atoms with Gasteiger partial charge in [0.15, 0.2) is 5.94 Å². The summed E-state index contributed by atoms with van der Waals surface area (Å²) in [6.45, 7) is 1.59. The third kappa shape index (κ3) is 1.52. The van der Waals surface area contributed by atoms with Crippen molar-refractivity contribution in [2.75, 3.05) is 13.1 Å². The van der Waals surface area contributed by atoms with Crippen molar-refractivity contribution in [3.05, 3.63) is 5.88 Å². The molecule has 10 heavy (non-hydrogen) atoms. The zero-order chi connectivity index (χ0) is 7.40. The van der Waals surface area contributed by atoms with Crippen molar-refractivity contribution in [1.82, 2.24) is 4.90 Å². The third-order valence-electron chi connectivity index (χ3n) is 1.75. The monoisotopic (exact) mass is 141 g/mol. The number of rotatable bonds is 1. The van der Waals surface area contributed by atoms with Crippen LogP contribution in [0, 0.1) is 0 Å². The molecule has 0 aromatic rings. The van der Waals surface area contributed by atoms with Crippen LogP contribution in [0.4, 0.5) is 0 Å². The summed E-state index contributed by atoms with van der Waals surface area (Å²) in [5.74, 6) is 1.25. The van der Waals surface area contributed by atoms with Crippen LogP contribution < -0.4 is 0 Å². The lowest BCUT2D eigenvalue weighted by molar-refractivity contribution is 0.179. The van der Waals surface area contributed by atoms with Crippen molar-refractivity contribution in [3.63, 3.8) is 0 Å². The van der Waals surface area contributed by atoms with Gasteiger partial charge in [-0.25, -0.2) is 4.79 Å². The highest BCUT2D eigenvalue weighted by molar-refractivity contribution is 5.47. The maximum Gasteiger partial charge on any atom is 0.275 e. The highest BCUT2D eigenvalue weighted by Crippen LogP contribution is 2.10. The van der Waals surface area contributed by atoms with Crippen molar-refractivity contribution in [1.29, 1.82) is 0 Å². The topological polar surface area (TPSA) is 40.5 Å². The predicted octanol–water partition coefficient (Wildman–Crippen LogP) is 0.703. The number of aliphatic hydroxyl groups excluding tert-OH is 1. The number of aliphatic hydroxyl groups is 1. The molecule has 1 fully saturated rings. The van der Waals surface area contributed by atoms with E-state index in [4.69, 9.17) is 5.11 Å². The van der Waals surface area contributed by atoms with E-state index in [1.165, 1.54) is 12.4 Å². The molecule has 0 aromatic heterocycles. The van der Waals surface area contributed by atoms with Crippen LogP contribution in [-0.4, -0.2) is 29.0 Å². The van der Waals surface area contributed by atoms with Crippen LogP contribution in [0.3, 0.4) is 0 Å². The molecule has 1 N–H and O–H groups in total. The Morgan fingerprint density at radius 3 is 2.40 bits per heavy atom. The highest BCUT2D eigenvalue weighted by atomic mass is 16.3. The van der Waals surface area contributed by atoms with Gasteiger partial charge in [0, 0.05) is 13.1 Å². The van der Waals surface area contributed by atoms with Gasteiger partial charge >= 0.3 is 0 Å². The molecule has 56 valence electrons. The molecule has 0 radical (unpaired) electrons. The van der Waals surface area contributed by atoms with Gasteiger partial charge in [0.25, 0.3) is 5.88 Å². The first-order valence-electron chi connectivity index (χ1n) is 3.53. The largest absolute Gasteiger partial charge is 0.487 e. The lowest BCUT2D eigenvalue weighted by atomic mass is 10.1. The van der Waals surface area contributed by atoms with Crippen LogP contribution in [0.25, 0.3) is 0 Å². The predicted molar refractivity (Wildman–Crippen MR) is 37.3 cm³/mol. The average Bonchev–Trinajstić information content (AvgIpc) is 2.05. The molecule has 1 saturated heterocycles. The minimum atomic E-state index is -0.236. The second-order valence-electron chi connectivity index (χ2n) is 2.47. The Hall–Kier alpha value is -0.950. The van der Waals surface area contributed by atoms with Gasteiger partial charge in [-0.15, -0.1) is 0 Å². The Morgan fingerprint density at radius 1 is 1.30 bits per heavy atom. The zero-order valence-electron chi connectivity index (χ0n) is 5.84. The van der Waals surface area contributed by atoms with Gasteiger partial charge in [0.1, 0.15) is 0 Å². The summed E-state index contributed by atoms with van der Waals surface area (Å²) < 4.78 is 0. The zero-order valence-corrected chi connectivity index (χ0v) is 5.84. The second kappa shape index (κ2) is 3.28. The summed E-state index contributed by atoms with van der Waals surface area (Å²) in [5.41, 5.74) is 0. The Morgan fingerprint density at radius 2 is 1.90 bits per heavy atom. The fourth-order valence-electron chi connectivity index (χ4n) is 1.17. The van der Waals surface area contributed by atoms with Crippen molar-refractivity contribution in [3.8, 4) is 0 Å². The van der Waals surface area contributed by atoms with Gasteiger partial charge in [-0.1, -0.05) is 0 Å². The Labute approximate surface area is 59.9 Å². The standard InChI is InChI=1S/C7H11NO2/c9-6-7(10)8-4-2-1-3-5-8/h10H,1-5H2. The minimum Gasteiger partial charge on any atom is -0.487 e. The smallest absolute Gasteiger partial charge is 0.275 e. The summed E-state index contributed by atoms with van der Waals surface area (Å²) in [6, 6.07) is 0. The maximum absolute atomic E-state index is 9.95. The fourth-order valence-corrected chi connectivity index (χ4v) is 1.17. The SMILES string of the molecule is O=C=C(O)N1CCCCC1. The van der Waals surface area contributed by atoms with Crippen LogP contribution in [0.2, 0.25) is 0 Å². The van der Waals surface area contributed by atoms with Crippen LogP contribution in [-0.2, 0) is 4.79 Å². The first-order chi connectivity index (χ1) is 4.84. The minimum absolute atomic E-state index is 0.236. The van der Waals surface area contributed by atoms with Crippen molar-refractivity contribution in [2.45, 2.75) is 19.3 Å². The molecule has 0 bridgehead atoms. The van der Waals surface area contributed by atoms with E-state index >= 15 is 0 Å². The quantitative estimate of drug-likeness (QED) is 0.431. The number of nitrogens with zero attached hydrogens (tertiary/aromatic N) is 1. The van der Waals surface area contributed by atoms with E-state index < -0.39 is 0 Å². The summed E-state index contributed by atoms with van der Waals surface area (Å²) in [6.07, 6.45) is 3.32. The molecule has 1 aliphatic heterocycles. The molecular weight excluding hydrogens is 130 g/mol. The molecule has 1 rings (SSSR count). The molecule has 3 heteroatoms. The summed E-state index contributed by atoms with van der Waals surface area (Å²) in [4.78, 5) is 11.6. The van der Waals surface area contributed by atoms with E-state index in [-0.39, 0.29) is 5.88 Å². The summed E-state index contributed by atoms with van der Waals surface area (Å²) >= 11 is 0. The molecule has 0 aromatic carbocycles. The van der Waals surface area contributed by atoms with Gasteiger partial charge in [-0.05, 0) is 19.3 Å². The van der Waals surface area contributed by atoms with Gasteiger partial charge < -0.3 is 10.0 Å². The van der Waals surface area contributed by atoms with E-state index in [1.807, 2.05) is 0 Å². The lowest BCUT2D eigenvalue weighted by Gasteiger charge is -2.25. The van der Waals surface area contributed by atoms with Gasteiger partial charge in [-0.3, -0.25) is 0 Å². The van der Waals surface area contributed by atoms with E-state index in [0.717, 1.165) is 25.9 Å². The molecule has 0 amide bonds. The normalized spacial score (nSPS) is 18.2. The second-order valence-corrected chi connectivity index (χ2v) is 2.47. The van der Waals surface area contributed by atoms with Gasteiger partial charge in [0.2, 0.25) is 0 Å². The van der Waals surface area contributed by atoms with Crippen molar-refractivity contribution < 1.29 is 9.90 Å². The van der Waals surface area contributed by atoms with Crippen molar-refractivity contribution in [2.24, 2.45) is 0 Å². The molecule has 0 spiro atoms. The molecule has 3 nitrogen and oxygen atoms in total. The van der Waals surface area contributed by atoms with Crippen molar-refractivity contribution >= 4 is 5.94 Å². The average molecular weight is 141 g/mol. The van der Waals surface area contributed by atoms with E-state index in [1.54, 1.807) is 4.90 Å². The summed E-state index contributed by atoms with van der Waals surface area (Å²) in [7, 11) is 0. The van der Waals surface area contributed by atoms with Crippen LogP contribution >= 0.6 is 0 Å². The fraction of sp³-hybridized carbons (Fsp3) is 0.714. The molecule has 1 aliphatic rings. The number of carbonyl (C=O) groups excluding carboxylic acids is 1. The Kier molecular flexibility index (Phi) is 2.35. The maximum atomic E-state index is 9.95. The Balaban J connectivity index is 2.46.